The molecule has 2 heterocycles. The van der Waals surface area contributed by atoms with Crippen LogP contribution in [0.4, 0.5) is 0 Å². The number of rotatable bonds is 1. The van der Waals surface area contributed by atoms with Crippen LogP contribution in [0.5, 0.6) is 0 Å². The van der Waals surface area contributed by atoms with Crippen molar-refractivity contribution < 1.29 is 4.79 Å². The Morgan fingerprint density at radius 1 is 1.29 bits per heavy atom. The third-order valence-electron chi connectivity index (χ3n) is 4.84. The van der Waals surface area contributed by atoms with Crippen molar-refractivity contribution in [2.24, 2.45) is 5.41 Å². The van der Waals surface area contributed by atoms with E-state index in [1.807, 2.05) is 4.90 Å². The van der Waals surface area contributed by atoms with E-state index < -0.39 is 0 Å². The van der Waals surface area contributed by atoms with E-state index in [1.54, 1.807) is 0 Å². The van der Waals surface area contributed by atoms with Crippen LogP contribution >= 0.6 is 0 Å². The second kappa shape index (κ2) is 2.95. The van der Waals surface area contributed by atoms with Gasteiger partial charge in [0.1, 0.15) is 5.69 Å². The van der Waals surface area contributed by atoms with E-state index >= 15 is 0 Å². The molecule has 3 heteroatoms. The fourth-order valence-electron chi connectivity index (χ4n) is 3.58. The summed E-state index contributed by atoms with van der Waals surface area (Å²) in [6.45, 7) is 4.78. The van der Waals surface area contributed by atoms with Crippen LogP contribution in [0.15, 0.2) is 6.07 Å². The Morgan fingerprint density at radius 2 is 2.12 bits per heavy atom. The molecule has 0 N–H and O–H groups in total. The minimum absolute atomic E-state index is 0.234. The zero-order valence-corrected chi connectivity index (χ0v) is 10.3. The summed E-state index contributed by atoms with van der Waals surface area (Å²) in [6, 6.07) is 2.17. The lowest BCUT2D eigenvalue weighted by Gasteiger charge is -2.28. The van der Waals surface area contributed by atoms with E-state index in [0.29, 0.717) is 5.41 Å². The zero-order valence-electron chi connectivity index (χ0n) is 10.3. The van der Waals surface area contributed by atoms with Crippen LogP contribution < -0.4 is 0 Å². The van der Waals surface area contributed by atoms with Gasteiger partial charge < -0.3 is 9.47 Å². The van der Waals surface area contributed by atoms with Crippen molar-refractivity contribution in [1.29, 1.82) is 0 Å². The van der Waals surface area contributed by atoms with E-state index in [0.717, 1.165) is 25.3 Å². The van der Waals surface area contributed by atoms with Crippen LogP contribution in [0.3, 0.4) is 0 Å². The normalized spacial score (nSPS) is 24.1. The van der Waals surface area contributed by atoms with Crippen LogP contribution in [-0.4, -0.2) is 28.5 Å². The van der Waals surface area contributed by atoms with Crippen molar-refractivity contribution in [3.8, 4) is 0 Å². The van der Waals surface area contributed by atoms with Crippen LogP contribution in [0.25, 0.3) is 0 Å². The molecule has 0 unspecified atom stereocenters. The smallest absolute Gasteiger partial charge is 0.270 e. The predicted octanol–water partition coefficient (Wildman–Crippen LogP) is 1.84. The van der Waals surface area contributed by atoms with Crippen molar-refractivity contribution in [3.63, 3.8) is 0 Å². The van der Waals surface area contributed by atoms with E-state index in [2.05, 4.69) is 17.6 Å². The van der Waals surface area contributed by atoms with Gasteiger partial charge in [0.15, 0.2) is 0 Å². The fourth-order valence-corrected chi connectivity index (χ4v) is 3.58. The molecule has 1 saturated carbocycles. The van der Waals surface area contributed by atoms with Crippen LogP contribution in [0.1, 0.15) is 41.5 Å². The quantitative estimate of drug-likeness (QED) is 0.722. The Labute approximate surface area is 101 Å². The minimum Gasteiger partial charge on any atom is -0.339 e. The van der Waals surface area contributed by atoms with Gasteiger partial charge in [0.05, 0.1) is 0 Å². The summed E-state index contributed by atoms with van der Waals surface area (Å²) in [5, 5.41) is 0. The SMILES string of the molecule is CCN1CCn2c(cc3c2CC2(CC2)C3)C1=O. The largest absolute Gasteiger partial charge is 0.339 e. The molecule has 0 radical (unpaired) electrons. The first-order valence-corrected chi connectivity index (χ1v) is 6.73. The molecule has 0 saturated heterocycles. The molecule has 17 heavy (non-hydrogen) atoms. The average Bonchev–Trinajstić information content (AvgIpc) is 2.83. The molecule has 0 atom stereocenters. The first-order chi connectivity index (χ1) is 8.22. The third-order valence-corrected chi connectivity index (χ3v) is 4.84. The minimum atomic E-state index is 0.234. The number of hydrogen-bond donors (Lipinski definition) is 0. The van der Waals surface area contributed by atoms with Crippen molar-refractivity contribution in [1.82, 2.24) is 9.47 Å². The molecule has 0 bridgehead atoms. The molecule has 1 amide bonds. The van der Waals surface area contributed by atoms with E-state index in [1.165, 1.54) is 36.9 Å². The molecular formula is C14H18N2O. The molecule has 1 aromatic heterocycles. The third kappa shape index (κ3) is 1.20. The lowest BCUT2D eigenvalue weighted by molar-refractivity contribution is 0.0713. The maximum atomic E-state index is 12.2. The highest BCUT2D eigenvalue weighted by molar-refractivity contribution is 5.94. The maximum absolute atomic E-state index is 12.2. The molecular weight excluding hydrogens is 212 g/mol. The number of likely N-dealkylation sites (N-methyl/N-ethyl adjacent to an activating group) is 1. The van der Waals surface area contributed by atoms with E-state index in [-0.39, 0.29) is 5.91 Å². The lowest BCUT2D eigenvalue weighted by Crippen LogP contribution is -2.40. The number of hydrogen-bond acceptors (Lipinski definition) is 1. The summed E-state index contributed by atoms with van der Waals surface area (Å²) >= 11 is 0. The fraction of sp³-hybridized carbons (Fsp3) is 0.643. The van der Waals surface area contributed by atoms with E-state index in [9.17, 15) is 4.79 Å². The highest BCUT2D eigenvalue weighted by Gasteiger charge is 2.49. The molecule has 1 aromatic rings. The Kier molecular flexibility index (Phi) is 1.69. The second-order valence-electron chi connectivity index (χ2n) is 5.89. The molecule has 90 valence electrons. The first kappa shape index (κ1) is 9.75. The predicted molar refractivity (Wildman–Crippen MR) is 65.1 cm³/mol. The molecule has 1 fully saturated rings. The number of amides is 1. The zero-order chi connectivity index (χ0) is 11.6. The summed E-state index contributed by atoms with van der Waals surface area (Å²) in [6.07, 6.45) is 5.24. The van der Waals surface area contributed by atoms with Crippen LogP contribution in [-0.2, 0) is 19.4 Å². The summed E-state index contributed by atoms with van der Waals surface area (Å²) in [5.41, 5.74) is 4.50. The summed E-state index contributed by atoms with van der Waals surface area (Å²) < 4.78 is 2.30. The standard InChI is InChI=1S/C14H18N2O/c1-2-15-5-6-16-11(13(15)17)7-10-8-14(3-4-14)9-12(10)16/h7H,2-6,8-9H2,1H3. The van der Waals surface area contributed by atoms with Gasteiger partial charge in [0.2, 0.25) is 0 Å². The van der Waals surface area contributed by atoms with Gasteiger partial charge in [-0.15, -0.1) is 0 Å². The van der Waals surface area contributed by atoms with Gasteiger partial charge in [-0.25, -0.2) is 0 Å². The van der Waals surface area contributed by atoms with Crippen molar-refractivity contribution in [3.05, 3.63) is 23.0 Å². The summed E-state index contributed by atoms with van der Waals surface area (Å²) in [5.74, 6) is 0.234. The van der Waals surface area contributed by atoms with Gasteiger partial charge in [0, 0.05) is 25.3 Å². The average molecular weight is 230 g/mol. The highest BCUT2D eigenvalue weighted by Crippen LogP contribution is 2.56. The maximum Gasteiger partial charge on any atom is 0.270 e. The number of carbonyl (C=O) groups excluding carboxylic acids is 1. The second-order valence-corrected chi connectivity index (χ2v) is 5.89. The number of carbonyl (C=O) groups is 1. The Bertz CT molecular complexity index is 511. The molecule has 0 aromatic carbocycles. The highest BCUT2D eigenvalue weighted by atomic mass is 16.2. The van der Waals surface area contributed by atoms with Gasteiger partial charge in [-0.2, -0.15) is 0 Å². The van der Waals surface area contributed by atoms with Crippen molar-refractivity contribution in [2.75, 3.05) is 13.1 Å². The Morgan fingerprint density at radius 3 is 2.82 bits per heavy atom. The number of aromatic nitrogens is 1. The van der Waals surface area contributed by atoms with Crippen LogP contribution in [0, 0.1) is 5.41 Å². The number of nitrogens with zero attached hydrogens (tertiary/aromatic N) is 2. The summed E-state index contributed by atoms with van der Waals surface area (Å²) in [4.78, 5) is 14.2. The molecule has 3 nitrogen and oxygen atoms in total. The molecule has 3 aliphatic rings. The number of fused-ring (bicyclic) bond motifs is 3. The van der Waals surface area contributed by atoms with Gasteiger partial charge in [-0.05, 0) is 49.7 Å². The Balaban J connectivity index is 1.76. The van der Waals surface area contributed by atoms with Crippen molar-refractivity contribution in [2.45, 2.75) is 39.2 Å². The molecule has 2 aliphatic carbocycles. The van der Waals surface area contributed by atoms with Crippen LogP contribution in [0.2, 0.25) is 0 Å². The molecule has 1 aliphatic heterocycles. The Hall–Kier alpha value is -1.25. The molecule has 4 rings (SSSR count). The summed E-state index contributed by atoms with van der Waals surface area (Å²) in [7, 11) is 0. The molecule has 1 spiro atoms. The van der Waals surface area contributed by atoms with Gasteiger partial charge in [-0.3, -0.25) is 4.79 Å². The first-order valence-electron chi connectivity index (χ1n) is 6.73. The van der Waals surface area contributed by atoms with Gasteiger partial charge in [-0.1, -0.05) is 0 Å². The topological polar surface area (TPSA) is 25.2 Å². The lowest BCUT2D eigenvalue weighted by atomic mass is 10.0. The van der Waals surface area contributed by atoms with Gasteiger partial charge in [0.25, 0.3) is 5.91 Å². The van der Waals surface area contributed by atoms with E-state index in [4.69, 9.17) is 0 Å². The van der Waals surface area contributed by atoms with Crippen molar-refractivity contribution >= 4 is 5.91 Å². The van der Waals surface area contributed by atoms with Gasteiger partial charge >= 0.3 is 0 Å². The monoisotopic (exact) mass is 230 g/mol.